The molecule has 0 radical (unpaired) electrons. The Morgan fingerprint density at radius 1 is 1.12 bits per heavy atom. The zero-order valence-corrected chi connectivity index (χ0v) is 18.1. The summed E-state index contributed by atoms with van der Waals surface area (Å²) in [5.41, 5.74) is 1.43. The first-order valence-corrected chi connectivity index (χ1v) is 11.0. The lowest BCUT2D eigenvalue weighted by Gasteiger charge is -2.22. The van der Waals surface area contributed by atoms with Crippen LogP contribution in [0.25, 0.3) is 0 Å². The molecule has 2 aromatic carbocycles. The van der Waals surface area contributed by atoms with Crippen LogP contribution < -0.4 is 20.1 Å². The van der Waals surface area contributed by atoms with Gasteiger partial charge in [0.2, 0.25) is 5.91 Å². The van der Waals surface area contributed by atoms with Crippen molar-refractivity contribution < 1.29 is 19.1 Å². The number of carbonyl (C=O) groups excluding carboxylic acids is 2. The minimum absolute atomic E-state index is 0.295. The van der Waals surface area contributed by atoms with Gasteiger partial charge in [0.05, 0.1) is 24.8 Å². The van der Waals surface area contributed by atoms with Gasteiger partial charge in [-0.2, -0.15) is 5.26 Å². The fourth-order valence-corrected chi connectivity index (χ4v) is 3.74. The predicted octanol–water partition coefficient (Wildman–Crippen LogP) is 3.06. The summed E-state index contributed by atoms with van der Waals surface area (Å²) in [6.07, 6.45) is 3.16. The summed E-state index contributed by atoms with van der Waals surface area (Å²) in [5, 5.41) is 15.1. The van der Waals surface area contributed by atoms with Gasteiger partial charge < -0.3 is 20.1 Å². The summed E-state index contributed by atoms with van der Waals surface area (Å²) in [6, 6.07) is 14.1. The van der Waals surface area contributed by atoms with Crippen LogP contribution in [-0.4, -0.2) is 36.6 Å². The van der Waals surface area contributed by atoms with Crippen LogP contribution in [0.4, 0.5) is 0 Å². The molecule has 7 nitrogen and oxygen atoms in total. The lowest BCUT2D eigenvalue weighted by Crippen LogP contribution is -2.51. The largest absolute Gasteiger partial charge is 0.493 e. The van der Waals surface area contributed by atoms with Crippen LogP contribution in [0.5, 0.6) is 11.5 Å². The van der Waals surface area contributed by atoms with Crippen molar-refractivity contribution >= 4 is 11.8 Å². The maximum atomic E-state index is 13.1. The zero-order valence-electron chi connectivity index (χ0n) is 18.1. The topological polar surface area (TPSA) is 100 Å². The van der Waals surface area contributed by atoms with E-state index in [0.717, 1.165) is 29.7 Å². The average molecular weight is 434 g/mol. The molecule has 5 rings (SSSR count). The number of nitriles is 1. The molecule has 1 aliphatic carbocycles. The van der Waals surface area contributed by atoms with E-state index in [1.807, 2.05) is 31.2 Å². The van der Waals surface area contributed by atoms with Crippen LogP contribution in [0.1, 0.15) is 47.2 Å². The van der Waals surface area contributed by atoms with Crippen molar-refractivity contribution in [2.45, 2.75) is 50.6 Å². The van der Waals surface area contributed by atoms with E-state index in [2.05, 4.69) is 16.7 Å². The van der Waals surface area contributed by atoms with Crippen molar-refractivity contribution in [1.82, 2.24) is 10.6 Å². The zero-order chi connectivity index (χ0) is 22.6. The lowest BCUT2D eigenvalue weighted by atomic mass is 10.0. The summed E-state index contributed by atoms with van der Waals surface area (Å²) in [7, 11) is 0. The Balaban J connectivity index is 1.64. The van der Waals surface area contributed by atoms with Crippen molar-refractivity contribution in [2.75, 3.05) is 13.2 Å². The van der Waals surface area contributed by atoms with Gasteiger partial charge in [-0.15, -0.1) is 0 Å². The Bertz CT molecular complexity index is 1060. The number of hydrogen-bond acceptors (Lipinski definition) is 5. The van der Waals surface area contributed by atoms with Crippen molar-refractivity contribution in [3.05, 3.63) is 59.2 Å². The first-order chi connectivity index (χ1) is 15.5. The number of benzene rings is 2. The molecule has 2 aromatic rings. The number of carbonyl (C=O) groups is 2. The number of rotatable bonds is 2. The van der Waals surface area contributed by atoms with Gasteiger partial charge in [-0.1, -0.05) is 24.3 Å². The fraction of sp³-hybridized carbons (Fsp3) is 0.400. The third kappa shape index (κ3) is 5.02. The molecule has 7 heteroatoms. The van der Waals surface area contributed by atoms with E-state index in [1.165, 1.54) is 0 Å². The molecule has 3 aliphatic rings. The highest BCUT2D eigenvalue weighted by Gasteiger charge is 2.45. The van der Waals surface area contributed by atoms with Gasteiger partial charge in [-0.3, -0.25) is 9.59 Å². The second-order valence-electron chi connectivity index (χ2n) is 8.41. The SMILES string of the molecule is Cc1cc2ccc1OCCCCOc1ccccc1C(=O)N[C@H](C(=O)NC1(C#N)CC1)C2. The van der Waals surface area contributed by atoms with E-state index in [4.69, 9.17) is 9.47 Å². The van der Waals surface area contributed by atoms with Crippen molar-refractivity contribution in [2.24, 2.45) is 0 Å². The second kappa shape index (κ2) is 9.31. The van der Waals surface area contributed by atoms with E-state index >= 15 is 0 Å². The molecule has 1 fully saturated rings. The lowest BCUT2D eigenvalue weighted by molar-refractivity contribution is -0.123. The number of nitrogens with zero attached hydrogens (tertiary/aromatic N) is 1. The molecule has 0 spiro atoms. The molecule has 1 saturated carbocycles. The average Bonchev–Trinajstić information content (AvgIpc) is 3.56. The first-order valence-electron chi connectivity index (χ1n) is 11.0. The highest BCUT2D eigenvalue weighted by molar-refractivity contribution is 5.99. The molecule has 1 atom stereocenters. The maximum absolute atomic E-state index is 13.1. The van der Waals surface area contributed by atoms with Gasteiger partial charge >= 0.3 is 0 Å². The Hall–Kier alpha value is -3.53. The van der Waals surface area contributed by atoms with Crippen LogP contribution >= 0.6 is 0 Å². The van der Waals surface area contributed by atoms with E-state index < -0.39 is 11.6 Å². The monoisotopic (exact) mass is 433 g/mol. The Morgan fingerprint density at radius 3 is 2.53 bits per heavy atom. The van der Waals surface area contributed by atoms with Crippen LogP contribution in [0, 0.1) is 18.3 Å². The number of fused-ring (bicyclic) bond motifs is 10. The molecular weight excluding hydrogens is 406 g/mol. The van der Waals surface area contributed by atoms with Crippen molar-refractivity contribution in [3.8, 4) is 17.6 Å². The second-order valence-corrected chi connectivity index (χ2v) is 8.41. The quantitative estimate of drug-likeness (QED) is 0.758. The number of ether oxygens (including phenoxy) is 2. The molecule has 2 aliphatic heterocycles. The smallest absolute Gasteiger partial charge is 0.255 e. The molecule has 0 saturated heterocycles. The molecule has 0 unspecified atom stereocenters. The van der Waals surface area contributed by atoms with E-state index in [0.29, 0.717) is 43.8 Å². The van der Waals surface area contributed by atoms with Crippen molar-refractivity contribution in [3.63, 3.8) is 0 Å². The number of aryl methyl sites for hydroxylation is 1. The van der Waals surface area contributed by atoms with Crippen LogP contribution in [0.3, 0.4) is 0 Å². The van der Waals surface area contributed by atoms with Crippen LogP contribution in [0.15, 0.2) is 42.5 Å². The predicted molar refractivity (Wildman–Crippen MR) is 119 cm³/mol. The summed E-state index contributed by atoms with van der Waals surface area (Å²) in [5.74, 6) is 0.534. The highest BCUT2D eigenvalue weighted by atomic mass is 16.5. The van der Waals surface area contributed by atoms with Gasteiger partial charge in [0, 0.05) is 6.42 Å². The third-order valence-corrected chi connectivity index (χ3v) is 5.81. The summed E-state index contributed by atoms with van der Waals surface area (Å²) in [6.45, 7) is 3.00. The number of amides is 2. The van der Waals surface area contributed by atoms with Gasteiger partial charge in [-0.25, -0.2) is 0 Å². The molecular formula is C25H27N3O4. The summed E-state index contributed by atoms with van der Waals surface area (Å²) >= 11 is 0. The van der Waals surface area contributed by atoms with Gasteiger partial charge in [-0.05, 0) is 61.9 Å². The van der Waals surface area contributed by atoms with Crippen LogP contribution in [0.2, 0.25) is 0 Å². The van der Waals surface area contributed by atoms with Crippen molar-refractivity contribution in [1.29, 1.82) is 5.26 Å². The third-order valence-electron chi connectivity index (χ3n) is 5.81. The molecule has 32 heavy (non-hydrogen) atoms. The Kier molecular flexibility index (Phi) is 6.31. The Morgan fingerprint density at radius 2 is 1.84 bits per heavy atom. The summed E-state index contributed by atoms with van der Waals surface area (Å²) in [4.78, 5) is 26.2. The first kappa shape index (κ1) is 21.7. The molecule has 2 N–H and O–H groups in total. The van der Waals surface area contributed by atoms with E-state index in [1.54, 1.807) is 18.2 Å². The van der Waals surface area contributed by atoms with Gasteiger partial charge in [0.1, 0.15) is 23.1 Å². The minimum atomic E-state index is -0.833. The number of para-hydroxylation sites is 1. The van der Waals surface area contributed by atoms with Crippen LogP contribution in [-0.2, 0) is 11.2 Å². The molecule has 2 bridgehead atoms. The van der Waals surface area contributed by atoms with Gasteiger partial charge in [0.25, 0.3) is 5.91 Å². The highest BCUT2D eigenvalue weighted by Crippen LogP contribution is 2.34. The van der Waals surface area contributed by atoms with E-state index in [9.17, 15) is 14.9 Å². The molecule has 166 valence electrons. The number of nitrogens with one attached hydrogen (secondary N) is 2. The Labute approximate surface area is 187 Å². The summed E-state index contributed by atoms with van der Waals surface area (Å²) < 4.78 is 11.7. The molecule has 2 heterocycles. The minimum Gasteiger partial charge on any atom is -0.493 e. The number of hydrogen-bond donors (Lipinski definition) is 2. The maximum Gasteiger partial charge on any atom is 0.255 e. The van der Waals surface area contributed by atoms with E-state index in [-0.39, 0.29) is 11.8 Å². The molecule has 2 amide bonds. The molecule has 0 aromatic heterocycles. The fourth-order valence-electron chi connectivity index (χ4n) is 3.74. The van der Waals surface area contributed by atoms with Gasteiger partial charge in [0.15, 0.2) is 0 Å². The standard InChI is InChI=1S/C25H27N3O4/c1-17-14-18-8-9-21(17)31-12-4-5-13-32-22-7-3-2-6-19(22)23(29)27-20(15-18)24(30)28-25(16-26)10-11-25/h2-3,6-9,14,20H,4-5,10-13,15H2,1H3,(H,27,29)(H,28,30)/t20-/m0/s1. The normalized spacial score (nSPS) is 20.0.